The fraction of sp³-hybridized carbons (Fsp3) is 0.133. The monoisotopic (exact) mass is 283 g/mol. The number of fused-ring (bicyclic) bond motifs is 1. The van der Waals surface area contributed by atoms with Gasteiger partial charge in [-0.2, -0.15) is 0 Å². The molecule has 0 N–H and O–H groups in total. The fourth-order valence-corrected chi connectivity index (χ4v) is 2.86. The Balaban J connectivity index is 1.79. The summed E-state index contributed by atoms with van der Waals surface area (Å²) in [6.45, 7) is 0. The number of para-hydroxylation sites is 1. The topological polar surface area (TPSA) is 47.8 Å². The first-order valence-electron chi connectivity index (χ1n) is 6.22. The van der Waals surface area contributed by atoms with Crippen molar-refractivity contribution in [3.05, 3.63) is 54.6 Å². The molecule has 3 rings (SSSR count). The van der Waals surface area contributed by atoms with Crippen LogP contribution in [0.2, 0.25) is 0 Å². The van der Waals surface area contributed by atoms with Crippen molar-refractivity contribution in [1.29, 1.82) is 0 Å². The van der Waals surface area contributed by atoms with E-state index in [0.717, 1.165) is 21.5 Å². The van der Waals surface area contributed by atoms with Gasteiger partial charge in [-0.05, 0) is 12.1 Å². The predicted octanol–water partition coefficient (Wildman–Crippen LogP) is 2.94. The molecule has 0 unspecified atom stereocenters. The van der Waals surface area contributed by atoms with Crippen molar-refractivity contribution in [1.82, 2.24) is 14.5 Å². The van der Waals surface area contributed by atoms with Crippen molar-refractivity contribution < 1.29 is 4.79 Å². The molecule has 5 heteroatoms. The molecule has 0 saturated carbocycles. The Hall–Kier alpha value is -2.14. The SMILES string of the molecule is Cn1ccc(C(=O)CSc2ncnc3ccccc23)c1. The second-order valence-electron chi connectivity index (χ2n) is 4.47. The van der Waals surface area contributed by atoms with Crippen molar-refractivity contribution >= 4 is 28.4 Å². The summed E-state index contributed by atoms with van der Waals surface area (Å²) in [4.78, 5) is 20.6. The molecule has 0 aliphatic carbocycles. The number of thioether (sulfide) groups is 1. The molecule has 0 fully saturated rings. The van der Waals surface area contributed by atoms with E-state index >= 15 is 0 Å². The van der Waals surface area contributed by atoms with Crippen LogP contribution in [0, 0.1) is 0 Å². The Morgan fingerprint density at radius 1 is 1.25 bits per heavy atom. The zero-order chi connectivity index (χ0) is 13.9. The maximum Gasteiger partial charge on any atom is 0.174 e. The largest absolute Gasteiger partial charge is 0.357 e. The Bertz CT molecular complexity index is 761. The minimum Gasteiger partial charge on any atom is -0.357 e. The highest BCUT2D eigenvalue weighted by atomic mass is 32.2. The van der Waals surface area contributed by atoms with Gasteiger partial charge in [0.25, 0.3) is 0 Å². The normalized spacial score (nSPS) is 10.8. The fourth-order valence-electron chi connectivity index (χ4n) is 1.98. The lowest BCUT2D eigenvalue weighted by atomic mass is 10.2. The van der Waals surface area contributed by atoms with Crippen molar-refractivity contribution in [2.45, 2.75) is 5.03 Å². The van der Waals surface area contributed by atoms with Crippen LogP contribution in [-0.2, 0) is 7.05 Å². The minimum atomic E-state index is 0.110. The van der Waals surface area contributed by atoms with Gasteiger partial charge in [-0.15, -0.1) is 0 Å². The zero-order valence-electron chi connectivity index (χ0n) is 11.0. The van der Waals surface area contributed by atoms with Crippen molar-refractivity contribution in [2.75, 3.05) is 5.75 Å². The Morgan fingerprint density at radius 2 is 2.10 bits per heavy atom. The second-order valence-corrected chi connectivity index (χ2v) is 5.44. The molecule has 0 aliphatic heterocycles. The van der Waals surface area contributed by atoms with E-state index in [0.29, 0.717) is 5.75 Å². The van der Waals surface area contributed by atoms with Crippen LogP contribution in [0.4, 0.5) is 0 Å². The molecule has 0 saturated heterocycles. The molecule has 2 heterocycles. The number of carbonyl (C=O) groups excluding carboxylic acids is 1. The summed E-state index contributed by atoms with van der Waals surface area (Å²) in [5, 5.41) is 1.83. The Morgan fingerprint density at radius 3 is 2.90 bits per heavy atom. The Kier molecular flexibility index (Phi) is 3.52. The molecule has 4 nitrogen and oxygen atoms in total. The summed E-state index contributed by atoms with van der Waals surface area (Å²) >= 11 is 1.45. The van der Waals surface area contributed by atoms with Gasteiger partial charge in [0, 0.05) is 30.4 Å². The Labute approximate surface area is 120 Å². The van der Waals surface area contributed by atoms with Crippen LogP contribution in [-0.4, -0.2) is 26.1 Å². The van der Waals surface area contributed by atoms with Crippen molar-refractivity contribution in [3.8, 4) is 0 Å². The third-order valence-corrected chi connectivity index (χ3v) is 4.01. The summed E-state index contributed by atoms with van der Waals surface area (Å²) in [5.41, 5.74) is 1.63. The number of nitrogens with zero attached hydrogens (tertiary/aromatic N) is 3. The highest BCUT2D eigenvalue weighted by Crippen LogP contribution is 2.24. The van der Waals surface area contributed by atoms with Gasteiger partial charge in [0.1, 0.15) is 11.4 Å². The summed E-state index contributed by atoms with van der Waals surface area (Å²) in [6.07, 6.45) is 5.25. The van der Waals surface area contributed by atoms with Gasteiger partial charge in [-0.1, -0.05) is 30.0 Å². The van der Waals surface area contributed by atoms with Gasteiger partial charge >= 0.3 is 0 Å². The smallest absolute Gasteiger partial charge is 0.174 e. The summed E-state index contributed by atoms with van der Waals surface area (Å²) in [5.74, 6) is 0.490. The van der Waals surface area contributed by atoms with E-state index in [-0.39, 0.29) is 5.78 Å². The van der Waals surface area contributed by atoms with E-state index in [1.807, 2.05) is 54.3 Å². The molecule has 0 amide bonds. The highest BCUT2D eigenvalue weighted by molar-refractivity contribution is 8.00. The average molecular weight is 283 g/mol. The van der Waals surface area contributed by atoms with E-state index in [2.05, 4.69) is 9.97 Å². The molecule has 0 spiro atoms. The molecule has 20 heavy (non-hydrogen) atoms. The molecule has 1 aromatic carbocycles. The molecular weight excluding hydrogens is 270 g/mol. The third-order valence-electron chi connectivity index (χ3n) is 3.00. The summed E-state index contributed by atoms with van der Waals surface area (Å²) in [7, 11) is 1.90. The van der Waals surface area contributed by atoms with E-state index < -0.39 is 0 Å². The standard InChI is InChI=1S/C15H13N3OS/c1-18-7-6-11(8-18)14(19)9-20-15-12-4-2-3-5-13(12)16-10-17-15/h2-8,10H,9H2,1H3. The number of hydrogen-bond donors (Lipinski definition) is 0. The number of Topliss-reactive ketones (excluding diaryl/α,β-unsaturated/α-hetero) is 1. The molecule has 0 aliphatic rings. The quantitative estimate of drug-likeness (QED) is 0.419. The molecule has 0 bridgehead atoms. The molecule has 3 aromatic rings. The number of benzene rings is 1. The summed E-state index contributed by atoms with van der Waals surface area (Å²) < 4.78 is 1.87. The first-order chi connectivity index (χ1) is 9.74. The predicted molar refractivity (Wildman–Crippen MR) is 80.0 cm³/mol. The zero-order valence-corrected chi connectivity index (χ0v) is 11.8. The lowest BCUT2D eigenvalue weighted by Crippen LogP contribution is -2.01. The van der Waals surface area contributed by atoms with Gasteiger partial charge in [-0.3, -0.25) is 4.79 Å². The number of hydrogen-bond acceptors (Lipinski definition) is 4. The number of aryl methyl sites for hydroxylation is 1. The summed E-state index contributed by atoms with van der Waals surface area (Å²) in [6, 6.07) is 9.65. The highest BCUT2D eigenvalue weighted by Gasteiger charge is 2.10. The maximum atomic E-state index is 12.1. The van der Waals surface area contributed by atoms with Gasteiger partial charge < -0.3 is 4.57 Å². The number of aromatic nitrogens is 3. The minimum absolute atomic E-state index is 0.110. The lowest BCUT2D eigenvalue weighted by Gasteiger charge is -2.03. The lowest BCUT2D eigenvalue weighted by molar-refractivity contribution is 0.102. The van der Waals surface area contributed by atoms with Crippen LogP contribution in [0.3, 0.4) is 0 Å². The first-order valence-corrected chi connectivity index (χ1v) is 7.20. The second kappa shape index (κ2) is 5.46. The molecular formula is C15H13N3OS. The maximum absolute atomic E-state index is 12.1. The van der Waals surface area contributed by atoms with Gasteiger partial charge in [0.05, 0.1) is 11.3 Å². The molecule has 100 valence electrons. The van der Waals surface area contributed by atoms with Gasteiger partial charge in [0.2, 0.25) is 0 Å². The van der Waals surface area contributed by atoms with E-state index in [1.165, 1.54) is 18.1 Å². The van der Waals surface area contributed by atoms with Crippen LogP contribution >= 0.6 is 11.8 Å². The third kappa shape index (κ3) is 2.58. The van der Waals surface area contributed by atoms with Crippen LogP contribution in [0.25, 0.3) is 10.9 Å². The van der Waals surface area contributed by atoms with Crippen LogP contribution in [0.5, 0.6) is 0 Å². The van der Waals surface area contributed by atoms with Crippen molar-refractivity contribution in [3.63, 3.8) is 0 Å². The van der Waals surface area contributed by atoms with E-state index in [9.17, 15) is 4.79 Å². The van der Waals surface area contributed by atoms with Crippen LogP contribution in [0.1, 0.15) is 10.4 Å². The van der Waals surface area contributed by atoms with Crippen molar-refractivity contribution in [2.24, 2.45) is 7.05 Å². The van der Waals surface area contributed by atoms with Crippen LogP contribution < -0.4 is 0 Å². The number of ketones is 1. The van der Waals surface area contributed by atoms with Crippen LogP contribution in [0.15, 0.2) is 54.1 Å². The van der Waals surface area contributed by atoms with Gasteiger partial charge in [-0.25, -0.2) is 9.97 Å². The number of carbonyl (C=O) groups is 1. The first kappa shape index (κ1) is 12.9. The average Bonchev–Trinajstić information content (AvgIpc) is 2.91. The molecule has 0 radical (unpaired) electrons. The van der Waals surface area contributed by atoms with E-state index in [1.54, 1.807) is 0 Å². The number of rotatable bonds is 4. The molecule has 2 aromatic heterocycles. The molecule has 0 atom stereocenters. The van der Waals surface area contributed by atoms with E-state index in [4.69, 9.17) is 0 Å². The van der Waals surface area contributed by atoms with Gasteiger partial charge in [0.15, 0.2) is 5.78 Å².